The van der Waals surface area contributed by atoms with Crippen LogP contribution in [0.2, 0.25) is 0 Å². The molecule has 2 aromatic rings. The van der Waals surface area contributed by atoms with Crippen molar-refractivity contribution in [2.24, 2.45) is 0 Å². The van der Waals surface area contributed by atoms with Crippen LogP contribution in [0.1, 0.15) is 23.0 Å². The minimum atomic E-state index is -0.408. The fourth-order valence-corrected chi connectivity index (χ4v) is 1.91. The van der Waals surface area contributed by atoms with Gasteiger partial charge in [-0.05, 0) is 19.4 Å². The van der Waals surface area contributed by atoms with Crippen LogP contribution in [0.5, 0.6) is 0 Å². The summed E-state index contributed by atoms with van der Waals surface area (Å²) in [6, 6.07) is 9.42. The van der Waals surface area contributed by atoms with Gasteiger partial charge in [0.2, 0.25) is 0 Å². The van der Waals surface area contributed by atoms with Crippen LogP contribution in [0.25, 0.3) is 11.1 Å². The molecule has 4 heteroatoms. The number of rotatable bonds is 3. The Bertz CT molecular complexity index is 558. The summed E-state index contributed by atoms with van der Waals surface area (Å²) in [5.74, 6) is 0.306. The molecule has 0 saturated heterocycles. The molecule has 2 N–H and O–H groups in total. The van der Waals surface area contributed by atoms with Crippen molar-refractivity contribution in [3.63, 3.8) is 0 Å². The Morgan fingerprint density at radius 1 is 1.33 bits per heavy atom. The van der Waals surface area contributed by atoms with Crippen molar-refractivity contribution in [1.82, 2.24) is 0 Å². The molecule has 0 aliphatic rings. The van der Waals surface area contributed by atoms with Gasteiger partial charge < -0.3 is 14.9 Å². The summed E-state index contributed by atoms with van der Waals surface area (Å²) in [4.78, 5) is 11.9. The van der Waals surface area contributed by atoms with Crippen molar-refractivity contribution in [1.29, 1.82) is 0 Å². The highest BCUT2D eigenvalue weighted by Gasteiger charge is 2.24. The molecule has 4 nitrogen and oxygen atoms in total. The van der Waals surface area contributed by atoms with Gasteiger partial charge in [0, 0.05) is 0 Å². The number of carbonyl (C=O) groups is 1. The monoisotopic (exact) mass is 245 g/mol. The normalized spacial score (nSPS) is 10.3. The lowest BCUT2D eigenvalue weighted by atomic mass is 10.0. The molecule has 1 aromatic heterocycles. The van der Waals surface area contributed by atoms with Crippen molar-refractivity contribution in [3.05, 3.63) is 41.7 Å². The number of anilines is 1. The van der Waals surface area contributed by atoms with E-state index in [0.29, 0.717) is 23.5 Å². The van der Waals surface area contributed by atoms with Crippen molar-refractivity contribution >= 4 is 11.9 Å². The van der Waals surface area contributed by atoms with E-state index in [9.17, 15) is 4.79 Å². The molecule has 0 aliphatic carbocycles. The average molecular weight is 245 g/mol. The molecular formula is C14H15NO3. The zero-order chi connectivity index (χ0) is 13.1. The maximum atomic E-state index is 11.9. The molecule has 1 heterocycles. The zero-order valence-corrected chi connectivity index (χ0v) is 10.4. The Hall–Kier alpha value is -2.23. The highest BCUT2D eigenvalue weighted by Crippen LogP contribution is 2.34. The second-order valence-electron chi connectivity index (χ2n) is 3.86. The SMILES string of the molecule is CCOC(=O)c1c(C)oc(N)c1-c1ccccc1. The molecular weight excluding hydrogens is 230 g/mol. The molecule has 0 unspecified atom stereocenters. The molecule has 0 amide bonds. The van der Waals surface area contributed by atoms with Crippen LogP contribution in [0.15, 0.2) is 34.7 Å². The smallest absolute Gasteiger partial charge is 0.342 e. The number of benzene rings is 1. The first kappa shape index (κ1) is 12.2. The van der Waals surface area contributed by atoms with Gasteiger partial charge in [0.15, 0.2) is 5.88 Å². The first-order valence-electron chi connectivity index (χ1n) is 5.76. The molecule has 0 bridgehead atoms. The van der Waals surface area contributed by atoms with Gasteiger partial charge in [-0.25, -0.2) is 4.79 Å². The van der Waals surface area contributed by atoms with Crippen molar-refractivity contribution in [3.8, 4) is 11.1 Å². The van der Waals surface area contributed by atoms with Crippen LogP contribution in [-0.2, 0) is 4.74 Å². The molecule has 0 aliphatic heterocycles. The third-order valence-corrected chi connectivity index (χ3v) is 2.65. The number of hydrogen-bond acceptors (Lipinski definition) is 4. The number of carbonyl (C=O) groups excluding carboxylic acids is 1. The first-order chi connectivity index (χ1) is 8.65. The lowest BCUT2D eigenvalue weighted by Crippen LogP contribution is -2.06. The number of aryl methyl sites for hydroxylation is 1. The lowest BCUT2D eigenvalue weighted by Gasteiger charge is -2.04. The highest BCUT2D eigenvalue weighted by molar-refractivity contribution is 6.01. The minimum Gasteiger partial charge on any atom is -0.462 e. The Kier molecular flexibility index (Phi) is 3.37. The van der Waals surface area contributed by atoms with Gasteiger partial charge in [-0.15, -0.1) is 0 Å². The van der Waals surface area contributed by atoms with Crippen LogP contribution >= 0.6 is 0 Å². The number of furan rings is 1. The van der Waals surface area contributed by atoms with Crippen molar-refractivity contribution in [2.75, 3.05) is 12.3 Å². The summed E-state index contributed by atoms with van der Waals surface area (Å²) < 4.78 is 10.4. The van der Waals surface area contributed by atoms with Gasteiger partial charge in [-0.1, -0.05) is 30.3 Å². The van der Waals surface area contributed by atoms with E-state index in [1.807, 2.05) is 30.3 Å². The van der Waals surface area contributed by atoms with E-state index in [1.165, 1.54) is 0 Å². The quantitative estimate of drug-likeness (QED) is 0.844. The third kappa shape index (κ3) is 2.09. The molecule has 0 radical (unpaired) electrons. The topological polar surface area (TPSA) is 65.5 Å². The van der Waals surface area contributed by atoms with Gasteiger partial charge in [-0.3, -0.25) is 0 Å². The van der Waals surface area contributed by atoms with Crippen LogP contribution < -0.4 is 5.73 Å². The molecule has 94 valence electrons. The van der Waals surface area contributed by atoms with Crippen LogP contribution in [0.3, 0.4) is 0 Å². The summed E-state index contributed by atoms with van der Waals surface area (Å²) in [5, 5.41) is 0. The number of nitrogens with two attached hydrogens (primary N) is 1. The predicted molar refractivity (Wildman–Crippen MR) is 69.2 cm³/mol. The van der Waals surface area contributed by atoms with E-state index < -0.39 is 5.97 Å². The minimum absolute atomic E-state index is 0.238. The third-order valence-electron chi connectivity index (χ3n) is 2.65. The maximum absolute atomic E-state index is 11.9. The largest absolute Gasteiger partial charge is 0.462 e. The van der Waals surface area contributed by atoms with E-state index in [1.54, 1.807) is 13.8 Å². The first-order valence-corrected chi connectivity index (χ1v) is 5.76. The summed E-state index contributed by atoms with van der Waals surface area (Å²) in [5.41, 5.74) is 7.68. The summed E-state index contributed by atoms with van der Waals surface area (Å²) in [6.45, 7) is 3.78. The molecule has 18 heavy (non-hydrogen) atoms. The van der Waals surface area contributed by atoms with E-state index in [4.69, 9.17) is 14.9 Å². The Labute approximate surface area is 105 Å². The van der Waals surface area contributed by atoms with Crippen LogP contribution in [0, 0.1) is 6.92 Å². The van der Waals surface area contributed by atoms with Crippen molar-refractivity contribution in [2.45, 2.75) is 13.8 Å². The standard InChI is InChI=1S/C14H15NO3/c1-3-17-14(16)11-9(2)18-13(15)12(11)10-7-5-4-6-8-10/h4-8H,3,15H2,1-2H3. The van der Waals surface area contributed by atoms with Gasteiger partial charge in [-0.2, -0.15) is 0 Å². The average Bonchev–Trinajstić information content (AvgIpc) is 2.65. The second-order valence-corrected chi connectivity index (χ2v) is 3.86. The number of ether oxygens (including phenoxy) is 1. The number of hydrogen-bond donors (Lipinski definition) is 1. The fraction of sp³-hybridized carbons (Fsp3) is 0.214. The number of esters is 1. The Balaban J connectivity index is 2.57. The van der Waals surface area contributed by atoms with Crippen molar-refractivity contribution < 1.29 is 13.9 Å². The molecule has 0 atom stereocenters. The van der Waals surface area contributed by atoms with Crippen LogP contribution in [0.4, 0.5) is 5.88 Å². The van der Waals surface area contributed by atoms with Gasteiger partial charge in [0.1, 0.15) is 11.3 Å². The maximum Gasteiger partial charge on any atom is 0.342 e. The van der Waals surface area contributed by atoms with E-state index in [0.717, 1.165) is 5.56 Å². The Morgan fingerprint density at radius 3 is 2.61 bits per heavy atom. The summed E-state index contributed by atoms with van der Waals surface area (Å²) >= 11 is 0. The summed E-state index contributed by atoms with van der Waals surface area (Å²) in [6.07, 6.45) is 0. The zero-order valence-electron chi connectivity index (χ0n) is 10.4. The molecule has 2 rings (SSSR count). The molecule has 0 saturated carbocycles. The molecule has 0 fully saturated rings. The fourth-order valence-electron chi connectivity index (χ4n) is 1.91. The lowest BCUT2D eigenvalue weighted by molar-refractivity contribution is 0.0525. The predicted octanol–water partition coefficient (Wildman–Crippen LogP) is 3.01. The Morgan fingerprint density at radius 2 is 2.00 bits per heavy atom. The molecule has 0 spiro atoms. The highest BCUT2D eigenvalue weighted by atomic mass is 16.5. The van der Waals surface area contributed by atoms with Crippen LogP contribution in [-0.4, -0.2) is 12.6 Å². The van der Waals surface area contributed by atoms with Gasteiger partial charge in [0.05, 0.1) is 12.2 Å². The van der Waals surface area contributed by atoms with E-state index in [-0.39, 0.29) is 5.88 Å². The second kappa shape index (κ2) is 4.96. The summed E-state index contributed by atoms with van der Waals surface area (Å²) in [7, 11) is 0. The van der Waals surface area contributed by atoms with E-state index >= 15 is 0 Å². The number of nitrogen functional groups attached to an aromatic ring is 1. The van der Waals surface area contributed by atoms with Gasteiger partial charge >= 0.3 is 5.97 Å². The molecule has 1 aromatic carbocycles. The van der Waals surface area contributed by atoms with Gasteiger partial charge in [0.25, 0.3) is 0 Å². The van der Waals surface area contributed by atoms with E-state index in [2.05, 4.69) is 0 Å².